The van der Waals surface area contributed by atoms with Crippen molar-refractivity contribution in [2.24, 2.45) is 0 Å². The quantitative estimate of drug-likeness (QED) is 0.166. The summed E-state index contributed by atoms with van der Waals surface area (Å²) in [7, 11) is 2.06. The van der Waals surface area contributed by atoms with Gasteiger partial charge in [0, 0.05) is 45.9 Å². The van der Waals surface area contributed by atoms with E-state index in [0.717, 1.165) is 17.1 Å². The summed E-state index contributed by atoms with van der Waals surface area (Å²) in [5.74, 6) is 0.904. The Morgan fingerprint density at radius 2 is 1.24 bits per heavy atom. The molecule has 2 aromatic heterocycles. The Bertz CT molecular complexity index is 2300. The van der Waals surface area contributed by atoms with Crippen LogP contribution in [0.5, 0.6) is 0 Å². The van der Waals surface area contributed by atoms with Crippen LogP contribution in [0.25, 0.3) is 44.6 Å². The van der Waals surface area contributed by atoms with E-state index in [-0.39, 0.29) is 20.1 Å². The van der Waals surface area contributed by atoms with Crippen molar-refractivity contribution in [2.45, 2.75) is 13.8 Å². The van der Waals surface area contributed by atoms with E-state index in [2.05, 4.69) is 161 Å². The van der Waals surface area contributed by atoms with Gasteiger partial charge >= 0.3 is 20.1 Å². The molecule has 6 aromatic carbocycles. The third-order valence-corrected chi connectivity index (χ3v) is 8.91. The zero-order valence-electron chi connectivity index (χ0n) is 27.5. The van der Waals surface area contributed by atoms with Gasteiger partial charge < -0.3 is 18.9 Å². The summed E-state index contributed by atoms with van der Waals surface area (Å²) in [6.45, 7) is 6.44. The fraction of sp³-hybridized carbons (Fsp3) is 0.0698. The maximum absolute atomic E-state index is 4.63. The van der Waals surface area contributed by atoms with Gasteiger partial charge in [-0.2, -0.15) is 37.0 Å². The fourth-order valence-electron chi connectivity index (χ4n) is 6.85. The van der Waals surface area contributed by atoms with Gasteiger partial charge in [0.05, 0.1) is 16.9 Å². The number of hydrogen-bond donors (Lipinski definition) is 0. The van der Waals surface area contributed by atoms with Crippen LogP contribution in [-0.2, 0) is 20.1 Å². The van der Waals surface area contributed by atoms with E-state index in [1.807, 2.05) is 48.8 Å². The predicted octanol–water partition coefficient (Wildman–Crippen LogP) is 10.2. The second kappa shape index (κ2) is 13.6. The monoisotopic (exact) mass is 813 g/mol. The maximum atomic E-state index is 4.63. The number of rotatable bonds is 4. The van der Waals surface area contributed by atoms with Crippen molar-refractivity contribution in [3.8, 4) is 22.8 Å². The first kappa shape index (κ1) is 32.1. The normalized spacial score (nSPS) is 12.1. The maximum Gasteiger partial charge on any atom is 3.00 e. The summed E-state index contributed by atoms with van der Waals surface area (Å²) in [6.07, 6.45) is 3.89. The van der Waals surface area contributed by atoms with Gasteiger partial charge in [0.1, 0.15) is 0 Å². The third kappa shape index (κ3) is 5.84. The molecule has 1 aliphatic rings. The molecule has 49 heavy (non-hydrogen) atoms. The summed E-state index contributed by atoms with van der Waals surface area (Å²) < 4.78 is 4.54. The summed E-state index contributed by atoms with van der Waals surface area (Å²) in [6, 6.07) is 52.7. The molecule has 0 N–H and O–H groups in total. The van der Waals surface area contributed by atoms with Gasteiger partial charge in [0.2, 0.25) is 0 Å². The number of aryl methyl sites for hydroxylation is 2. The number of benzene rings is 6. The number of anilines is 3. The Hall–Kier alpha value is -5.42. The Morgan fingerprint density at radius 3 is 1.88 bits per heavy atom. The summed E-state index contributed by atoms with van der Waals surface area (Å²) in [5, 5.41) is 2.55. The molecule has 1 aliphatic heterocycles. The topological polar surface area (TPSA) is 29.2 Å². The van der Waals surface area contributed by atoms with Crippen molar-refractivity contribution in [1.82, 2.24) is 14.1 Å². The number of nitrogens with zero attached hydrogens (tertiary/aromatic N) is 5. The second-order valence-corrected chi connectivity index (χ2v) is 12.0. The van der Waals surface area contributed by atoms with Crippen molar-refractivity contribution >= 4 is 38.9 Å². The van der Waals surface area contributed by atoms with E-state index < -0.39 is 0 Å². The Labute approximate surface area is 301 Å². The van der Waals surface area contributed by atoms with E-state index in [0.29, 0.717) is 0 Å². The van der Waals surface area contributed by atoms with Crippen molar-refractivity contribution in [2.75, 3.05) is 16.8 Å². The molecule has 0 fully saturated rings. The summed E-state index contributed by atoms with van der Waals surface area (Å²) in [4.78, 5) is 8.90. The average Bonchev–Trinajstić information content (AvgIpc) is 3.84. The molecule has 0 amide bonds. The first-order valence-corrected chi connectivity index (χ1v) is 16.1. The molecule has 0 unspecified atom stereocenters. The standard InChI is InChI=1S/C29H22N3.C14H12N2.Ir/c1-20-18-23(32-26-14-8-6-12-24(26)25-13-7-9-15-27(25)32)19-21(2)28(20)31-17-16-30-29(31)22-10-4-3-5-11-22;1-15-11-16(12-7-3-2-4-8-12)14-10-6-5-9-13(14)15;/h3-10,12-19H,1-2H3;2-7,9-11H,1H3;/q-1;-2;+3. The van der Waals surface area contributed by atoms with Crippen LogP contribution in [0.4, 0.5) is 17.1 Å². The van der Waals surface area contributed by atoms with Gasteiger partial charge in [-0.25, -0.2) is 0 Å². The number of aromatic nitrogens is 3. The number of imidazole rings is 1. The number of fused-ring (bicyclic) bond motifs is 4. The second-order valence-electron chi connectivity index (χ2n) is 12.0. The molecule has 0 spiro atoms. The van der Waals surface area contributed by atoms with Crippen molar-refractivity contribution in [3.05, 3.63) is 176 Å². The number of para-hydroxylation sites is 5. The van der Waals surface area contributed by atoms with Gasteiger partial charge in [0.25, 0.3) is 0 Å². The largest absolute Gasteiger partial charge is 3.00 e. The van der Waals surface area contributed by atoms with Crippen LogP contribution in [0.1, 0.15) is 11.1 Å². The van der Waals surface area contributed by atoms with Crippen LogP contribution in [0.15, 0.2) is 146 Å². The van der Waals surface area contributed by atoms with Crippen molar-refractivity contribution in [1.29, 1.82) is 0 Å². The Kier molecular flexibility index (Phi) is 8.92. The van der Waals surface area contributed by atoms with Crippen LogP contribution < -0.4 is 9.80 Å². The molecule has 5 nitrogen and oxygen atoms in total. The van der Waals surface area contributed by atoms with Crippen LogP contribution in [0, 0.1) is 32.6 Å². The van der Waals surface area contributed by atoms with Crippen molar-refractivity contribution in [3.63, 3.8) is 0 Å². The predicted molar refractivity (Wildman–Crippen MR) is 198 cm³/mol. The molecule has 0 saturated heterocycles. The molecule has 3 heterocycles. The van der Waals surface area contributed by atoms with E-state index in [1.54, 1.807) is 0 Å². The zero-order chi connectivity index (χ0) is 32.6. The molecule has 0 aliphatic carbocycles. The van der Waals surface area contributed by atoms with E-state index in [9.17, 15) is 0 Å². The van der Waals surface area contributed by atoms with Crippen LogP contribution in [0.2, 0.25) is 0 Å². The minimum atomic E-state index is 0. The Morgan fingerprint density at radius 1 is 0.653 bits per heavy atom. The average molecular weight is 813 g/mol. The van der Waals surface area contributed by atoms with Crippen LogP contribution in [-0.4, -0.2) is 21.2 Å². The smallest absolute Gasteiger partial charge is 0.504 e. The molecule has 0 saturated carbocycles. The van der Waals surface area contributed by atoms with Gasteiger partial charge in [-0.05, 0) is 68.4 Å². The molecular formula is C43H34IrN5. The molecule has 9 rings (SSSR count). The zero-order valence-corrected chi connectivity index (χ0v) is 29.9. The molecule has 0 atom stereocenters. The minimum Gasteiger partial charge on any atom is -0.504 e. The minimum absolute atomic E-state index is 0. The van der Waals surface area contributed by atoms with E-state index in [4.69, 9.17) is 0 Å². The molecule has 6 heteroatoms. The summed E-state index contributed by atoms with van der Waals surface area (Å²) >= 11 is 0. The molecule has 0 radical (unpaired) electrons. The first-order chi connectivity index (χ1) is 23.6. The molecule has 240 valence electrons. The van der Waals surface area contributed by atoms with Gasteiger partial charge in [-0.3, -0.25) is 4.98 Å². The van der Waals surface area contributed by atoms with Crippen LogP contribution >= 0.6 is 0 Å². The summed E-state index contributed by atoms with van der Waals surface area (Å²) in [5.41, 5.74) is 11.7. The molecular weight excluding hydrogens is 779 g/mol. The molecule has 0 bridgehead atoms. The Balaban J connectivity index is 0.000000187. The van der Waals surface area contributed by atoms with Crippen molar-refractivity contribution < 1.29 is 20.1 Å². The first-order valence-electron chi connectivity index (χ1n) is 16.1. The van der Waals surface area contributed by atoms with E-state index in [1.165, 1.54) is 55.7 Å². The number of hydrogen-bond acceptors (Lipinski definition) is 3. The van der Waals surface area contributed by atoms with Gasteiger partial charge in [-0.15, -0.1) is 41.6 Å². The van der Waals surface area contributed by atoms with E-state index >= 15 is 0 Å². The van der Waals surface area contributed by atoms with Crippen LogP contribution in [0.3, 0.4) is 0 Å². The fourth-order valence-corrected chi connectivity index (χ4v) is 6.85. The van der Waals surface area contributed by atoms with Gasteiger partial charge in [0.15, 0.2) is 0 Å². The SMILES string of the molecule is CN1[CH-]N(c2[c-]cccc2)c2ccccc21.Cc1cc(-n2c3ccccc3c3ccccc32)cc(C)c1-n1ccnc1-c1[c-]cccc1.[Ir+3]. The van der Waals surface area contributed by atoms with Gasteiger partial charge in [-0.1, -0.05) is 48.5 Å². The molecule has 8 aromatic rings. The third-order valence-electron chi connectivity index (χ3n) is 8.91.